The molecule has 1 aromatic heterocycles. The molecule has 1 aromatic rings. The third kappa shape index (κ3) is 2.54. The number of hydrogen-bond donors (Lipinski definition) is 2. The normalized spacial score (nSPS) is 11.7. The molecule has 0 spiro atoms. The molecule has 3 nitrogen and oxygen atoms in total. The highest BCUT2D eigenvalue weighted by atomic mass is 14.9. The summed E-state index contributed by atoms with van der Waals surface area (Å²) in [6.45, 7) is 4.11. The van der Waals surface area contributed by atoms with Gasteiger partial charge < -0.3 is 10.4 Å². The van der Waals surface area contributed by atoms with Crippen LogP contribution in [0.15, 0.2) is 11.8 Å². The van der Waals surface area contributed by atoms with Gasteiger partial charge in [0.2, 0.25) is 0 Å². The Labute approximate surface area is 78.4 Å². The fourth-order valence-electron chi connectivity index (χ4n) is 1.05. The minimum atomic E-state index is 0.845. The van der Waals surface area contributed by atoms with Crippen molar-refractivity contribution in [1.29, 1.82) is 5.41 Å². The van der Waals surface area contributed by atoms with Gasteiger partial charge in [0.15, 0.2) is 0 Å². The number of rotatable bonds is 4. The summed E-state index contributed by atoms with van der Waals surface area (Å²) < 4.78 is 0. The second-order valence-electron chi connectivity index (χ2n) is 2.86. The van der Waals surface area contributed by atoms with Crippen molar-refractivity contribution in [3.8, 4) is 0 Å². The van der Waals surface area contributed by atoms with Crippen molar-refractivity contribution in [1.82, 2.24) is 9.97 Å². The largest absolute Gasteiger partial charge is 0.342 e. The molecular formula is C10H15N3. The molecule has 0 aromatic carbocycles. The lowest BCUT2D eigenvalue weighted by Crippen LogP contribution is -1.84. The van der Waals surface area contributed by atoms with Gasteiger partial charge in [-0.1, -0.05) is 13.8 Å². The SMILES string of the molecule is CC/C(C=N)=C/c1ncc(CC)[nH]1. The van der Waals surface area contributed by atoms with E-state index in [9.17, 15) is 0 Å². The molecule has 0 aliphatic rings. The first kappa shape index (κ1) is 9.71. The van der Waals surface area contributed by atoms with Crippen LogP contribution in [0.1, 0.15) is 31.8 Å². The van der Waals surface area contributed by atoms with E-state index in [4.69, 9.17) is 5.41 Å². The molecule has 0 fully saturated rings. The highest BCUT2D eigenvalue weighted by Gasteiger charge is 1.96. The highest BCUT2D eigenvalue weighted by Crippen LogP contribution is 2.05. The average Bonchev–Trinajstić information content (AvgIpc) is 2.61. The smallest absolute Gasteiger partial charge is 0.130 e. The maximum atomic E-state index is 7.13. The van der Waals surface area contributed by atoms with Crippen LogP contribution in [0.3, 0.4) is 0 Å². The number of aromatic nitrogens is 2. The molecule has 3 heteroatoms. The van der Waals surface area contributed by atoms with Gasteiger partial charge in [-0.05, 0) is 24.5 Å². The van der Waals surface area contributed by atoms with Crippen LogP contribution < -0.4 is 0 Å². The Morgan fingerprint density at radius 3 is 2.85 bits per heavy atom. The summed E-state index contributed by atoms with van der Waals surface area (Å²) >= 11 is 0. The first-order valence-electron chi connectivity index (χ1n) is 4.55. The second-order valence-corrected chi connectivity index (χ2v) is 2.86. The number of allylic oxidation sites excluding steroid dienone is 1. The van der Waals surface area contributed by atoms with Crippen LogP contribution in [0, 0.1) is 5.41 Å². The Balaban J connectivity index is 2.83. The Hall–Kier alpha value is -1.38. The Kier molecular flexibility index (Phi) is 3.43. The summed E-state index contributed by atoms with van der Waals surface area (Å²) in [6, 6.07) is 0. The van der Waals surface area contributed by atoms with Crippen molar-refractivity contribution in [2.45, 2.75) is 26.7 Å². The molecule has 70 valence electrons. The lowest BCUT2D eigenvalue weighted by atomic mass is 10.2. The van der Waals surface area contributed by atoms with Gasteiger partial charge in [-0.3, -0.25) is 0 Å². The van der Waals surface area contributed by atoms with Crippen LogP contribution >= 0.6 is 0 Å². The van der Waals surface area contributed by atoms with E-state index >= 15 is 0 Å². The van der Waals surface area contributed by atoms with E-state index in [0.717, 1.165) is 29.9 Å². The van der Waals surface area contributed by atoms with Gasteiger partial charge in [-0.25, -0.2) is 4.98 Å². The van der Waals surface area contributed by atoms with Crippen LogP contribution in [0.2, 0.25) is 0 Å². The zero-order valence-electron chi connectivity index (χ0n) is 8.09. The Morgan fingerprint density at radius 2 is 2.38 bits per heavy atom. The molecule has 0 radical (unpaired) electrons. The zero-order valence-corrected chi connectivity index (χ0v) is 8.09. The summed E-state index contributed by atoms with van der Waals surface area (Å²) in [5.74, 6) is 0.845. The van der Waals surface area contributed by atoms with Crippen LogP contribution in [0.4, 0.5) is 0 Å². The molecule has 1 heterocycles. The molecule has 0 aliphatic carbocycles. The standard InChI is InChI=1S/C10H15N3/c1-3-8(6-11)5-10-12-7-9(4-2)13-10/h5-7,11H,3-4H2,1-2H3,(H,12,13)/b8-5-,11-6?. The first-order valence-corrected chi connectivity index (χ1v) is 4.55. The van der Waals surface area contributed by atoms with E-state index in [1.807, 2.05) is 19.2 Å². The maximum absolute atomic E-state index is 7.13. The van der Waals surface area contributed by atoms with Crippen molar-refractivity contribution in [3.63, 3.8) is 0 Å². The summed E-state index contributed by atoms with van der Waals surface area (Å²) in [5, 5.41) is 7.13. The molecule has 0 saturated carbocycles. The van der Waals surface area contributed by atoms with Crippen LogP contribution in [0.25, 0.3) is 6.08 Å². The fraction of sp³-hybridized carbons (Fsp3) is 0.400. The molecule has 2 N–H and O–H groups in total. The quantitative estimate of drug-likeness (QED) is 0.682. The zero-order chi connectivity index (χ0) is 9.68. The fourth-order valence-corrected chi connectivity index (χ4v) is 1.05. The van der Waals surface area contributed by atoms with Crippen molar-refractivity contribution in [3.05, 3.63) is 23.3 Å². The summed E-state index contributed by atoms with van der Waals surface area (Å²) in [4.78, 5) is 7.36. The lowest BCUT2D eigenvalue weighted by Gasteiger charge is -1.92. The molecule has 13 heavy (non-hydrogen) atoms. The lowest BCUT2D eigenvalue weighted by molar-refractivity contribution is 1.06. The van der Waals surface area contributed by atoms with Crippen LogP contribution in [-0.2, 0) is 6.42 Å². The number of aryl methyl sites for hydroxylation is 1. The van der Waals surface area contributed by atoms with E-state index in [1.165, 1.54) is 6.21 Å². The molecule has 0 saturated heterocycles. The van der Waals surface area contributed by atoms with Crippen molar-refractivity contribution < 1.29 is 0 Å². The second kappa shape index (κ2) is 4.60. The number of aromatic amines is 1. The van der Waals surface area contributed by atoms with Gasteiger partial charge in [-0.2, -0.15) is 0 Å². The molecule has 0 atom stereocenters. The maximum Gasteiger partial charge on any atom is 0.130 e. The topological polar surface area (TPSA) is 52.5 Å². The van der Waals surface area contributed by atoms with Crippen molar-refractivity contribution in [2.75, 3.05) is 0 Å². The highest BCUT2D eigenvalue weighted by molar-refractivity contribution is 5.82. The molecule has 0 amide bonds. The van der Waals surface area contributed by atoms with Crippen LogP contribution in [-0.4, -0.2) is 16.2 Å². The van der Waals surface area contributed by atoms with Gasteiger partial charge in [0.25, 0.3) is 0 Å². The number of hydrogen-bond acceptors (Lipinski definition) is 2. The number of H-pyrrole nitrogens is 1. The monoisotopic (exact) mass is 177 g/mol. The summed E-state index contributed by atoms with van der Waals surface area (Å²) in [5.41, 5.74) is 2.11. The number of nitrogens with zero attached hydrogens (tertiary/aromatic N) is 1. The van der Waals surface area contributed by atoms with Gasteiger partial charge in [0, 0.05) is 18.1 Å². The van der Waals surface area contributed by atoms with Gasteiger partial charge in [-0.15, -0.1) is 0 Å². The third-order valence-corrected chi connectivity index (χ3v) is 1.94. The predicted octanol–water partition coefficient (Wildman–Crippen LogP) is 2.42. The Morgan fingerprint density at radius 1 is 1.62 bits per heavy atom. The van der Waals surface area contributed by atoms with Gasteiger partial charge in [0.05, 0.1) is 0 Å². The first-order chi connectivity index (χ1) is 6.30. The molecule has 0 bridgehead atoms. The third-order valence-electron chi connectivity index (χ3n) is 1.94. The van der Waals surface area contributed by atoms with E-state index in [-0.39, 0.29) is 0 Å². The van der Waals surface area contributed by atoms with Gasteiger partial charge in [0.1, 0.15) is 5.82 Å². The molecule has 1 rings (SSSR count). The Bertz CT molecular complexity index is 310. The average molecular weight is 177 g/mol. The number of nitrogens with one attached hydrogen (secondary N) is 2. The minimum absolute atomic E-state index is 0.845. The summed E-state index contributed by atoms with van der Waals surface area (Å²) in [7, 11) is 0. The molecule has 0 unspecified atom stereocenters. The predicted molar refractivity (Wildman–Crippen MR) is 55.0 cm³/mol. The van der Waals surface area contributed by atoms with Crippen molar-refractivity contribution in [2.24, 2.45) is 0 Å². The van der Waals surface area contributed by atoms with E-state index in [2.05, 4.69) is 16.9 Å². The van der Waals surface area contributed by atoms with E-state index in [1.54, 1.807) is 0 Å². The number of imidazole rings is 1. The van der Waals surface area contributed by atoms with Crippen LogP contribution in [0.5, 0.6) is 0 Å². The minimum Gasteiger partial charge on any atom is -0.342 e. The molecule has 0 aliphatic heterocycles. The summed E-state index contributed by atoms with van der Waals surface area (Å²) in [6.07, 6.45) is 6.95. The van der Waals surface area contributed by atoms with Gasteiger partial charge >= 0.3 is 0 Å². The molecular weight excluding hydrogens is 162 g/mol. The van der Waals surface area contributed by atoms with E-state index in [0.29, 0.717) is 0 Å². The van der Waals surface area contributed by atoms with Crippen molar-refractivity contribution >= 4 is 12.3 Å². The van der Waals surface area contributed by atoms with E-state index < -0.39 is 0 Å².